The summed E-state index contributed by atoms with van der Waals surface area (Å²) in [6.07, 6.45) is 5.27. The molecule has 0 aromatic carbocycles. The van der Waals surface area contributed by atoms with E-state index in [4.69, 9.17) is 9.84 Å². The standard InChI is InChI=1S/C15H24FNO4/c1-2-12(21-11-6-4-3-5-7-11)13(18)17-9-8-15(16,10-17)14(19)20/h11-12H,2-10H2,1H3,(H,19,20). The lowest BCUT2D eigenvalue weighted by Crippen LogP contribution is -2.44. The molecule has 1 aliphatic carbocycles. The van der Waals surface area contributed by atoms with Crippen LogP contribution in [0.3, 0.4) is 0 Å². The predicted molar refractivity (Wildman–Crippen MR) is 74.7 cm³/mol. The number of hydrogen-bond donors (Lipinski definition) is 1. The van der Waals surface area contributed by atoms with Gasteiger partial charge in [-0.3, -0.25) is 4.79 Å². The van der Waals surface area contributed by atoms with Crippen molar-refractivity contribution in [3.63, 3.8) is 0 Å². The number of rotatable bonds is 5. The van der Waals surface area contributed by atoms with E-state index in [1.54, 1.807) is 0 Å². The zero-order valence-corrected chi connectivity index (χ0v) is 12.5. The molecule has 0 radical (unpaired) electrons. The summed E-state index contributed by atoms with van der Waals surface area (Å²) >= 11 is 0. The summed E-state index contributed by atoms with van der Waals surface area (Å²) in [5.41, 5.74) is -2.31. The summed E-state index contributed by atoms with van der Waals surface area (Å²) in [6, 6.07) is 0. The molecule has 2 fully saturated rings. The molecule has 0 spiro atoms. The molecule has 6 heteroatoms. The van der Waals surface area contributed by atoms with Gasteiger partial charge in [0.1, 0.15) is 6.10 Å². The average molecular weight is 301 g/mol. The van der Waals surface area contributed by atoms with Crippen molar-refractivity contribution in [2.75, 3.05) is 13.1 Å². The maximum Gasteiger partial charge on any atom is 0.343 e. The van der Waals surface area contributed by atoms with Crippen LogP contribution in [-0.4, -0.2) is 52.8 Å². The summed E-state index contributed by atoms with van der Waals surface area (Å²) in [5, 5.41) is 8.88. The number of hydrogen-bond acceptors (Lipinski definition) is 3. The highest BCUT2D eigenvalue weighted by Gasteiger charge is 2.47. The molecular formula is C15H24FNO4. The van der Waals surface area contributed by atoms with Crippen molar-refractivity contribution in [1.29, 1.82) is 0 Å². The normalized spacial score (nSPS) is 28.6. The molecule has 1 saturated heterocycles. The molecule has 5 nitrogen and oxygen atoms in total. The summed E-state index contributed by atoms with van der Waals surface area (Å²) < 4.78 is 19.9. The Bertz CT molecular complexity index is 397. The smallest absolute Gasteiger partial charge is 0.343 e. The molecular weight excluding hydrogens is 277 g/mol. The molecule has 2 rings (SSSR count). The molecule has 0 aromatic heterocycles. The molecule has 2 atom stereocenters. The third-order valence-electron chi connectivity index (χ3n) is 4.47. The van der Waals surface area contributed by atoms with Crippen LogP contribution in [0.1, 0.15) is 51.9 Å². The molecule has 21 heavy (non-hydrogen) atoms. The van der Waals surface area contributed by atoms with Crippen molar-refractivity contribution in [1.82, 2.24) is 4.90 Å². The van der Waals surface area contributed by atoms with Crippen LogP contribution < -0.4 is 0 Å². The Labute approximate surface area is 124 Å². The maximum atomic E-state index is 14.0. The number of carboxylic acids is 1. The van der Waals surface area contributed by atoms with Gasteiger partial charge < -0.3 is 14.7 Å². The van der Waals surface area contributed by atoms with Gasteiger partial charge in [-0.25, -0.2) is 9.18 Å². The van der Waals surface area contributed by atoms with Crippen molar-refractivity contribution >= 4 is 11.9 Å². The lowest BCUT2D eigenvalue weighted by Gasteiger charge is -2.29. The Morgan fingerprint density at radius 1 is 1.38 bits per heavy atom. The Morgan fingerprint density at radius 2 is 2.05 bits per heavy atom. The van der Waals surface area contributed by atoms with E-state index in [1.807, 2.05) is 6.92 Å². The van der Waals surface area contributed by atoms with Crippen LogP contribution in [0.25, 0.3) is 0 Å². The van der Waals surface area contributed by atoms with Crippen LogP contribution in [0.5, 0.6) is 0 Å². The van der Waals surface area contributed by atoms with Crippen LogP contribution in [0, 0.1) is 0 Å². The first-order valence-corrected chi connectivity index (χ1v) is 7.83. The highest BCUT2D eigenvalue weighted by atomic mass is 19.1. The topological polar surface area (TPSA) is 66.8 Å². The second-order valence-corrected chi connectivity index (χ2v) is 6.07. The summed E-state index contributed by atoms with van der Waals surface area (Å²) in [5.74, 6) is -1.76. The van der Waals surface area contributed by atoms with Gasteiger partial charge in [0.25, 0.3) is 5.91 Å². The number of alkyl halides is 1. The third-order valence-corrected chi connectivity index (χ3v) is 4.47. The highest BCUT2D eigenvalue weighted by molar-refractivity contribution is 5.84. The van der Waals surface area contributed by atoms with E-state index in [2.05, 4.69) is 0 Å². The summed E-state index contributed by atoms with van der Waals surface area (Å²) in [7, 11) is 0. The van der Waals surface area contributed by atoms with Gasteiger partial charge in [-0.2, -0.15) is 0 Å². The first-order valence-electron chi connectivity index (χ1n) is 7.83. The maximum absolute atomic E-state index is 14.0. The monoisotopic (exact) mass is 301 g/mol. The fraction of sp³-hybridized carbons (Fsp3) is 0.867. The van der Waals surface area contributed by atoms with Crippen LogP contribution in [-0.2, 0) is 14.3 Å². The van der Waals surface area contributed by atoms with Gasteiger partial charge in [0.05, 0.1) is 12.6 Å². The lowest BCUT2D eigenvalue weighted by atomic mass is 9.97. The number of carbonyl (C=O) groups excluding carboxylic acids is 1. The number of ether oxygens (including phenoxy) is 1. The van der Waals surface area contributed by atoms with Gasteiger partial charge in [-0.05, 0) is 19.3 Å². The van der Waals surface area contributed by atoms with Gasteiger partial charge >= 0.3 is 5.97 Å². The average Bonchev–Trinajstić information content (AvgIpc) is 2.89. The molecule has 0 bridgehead atoms. The zero-order chi connectivity index (χ0) is 15.5. The Balaban J connectivity index is 1.92. The third kappa shape index (κ3) is 3.73. The van der Waals surface area contributed by atoms with E-state index in [0.29, 0.717) is 6.42 Å². The van der Waals surface area contributed by atoms with E-state index in [9.17, 15) is 14.0 Å². The van der Waals surface area contributed by atoms with Gasteiger partial charge in [0.15, 0.2) is 0 Å². The molecule has 120 valence electrons. The largest absolute Gasteiger partial charge is 0.479 e. The van der Waals surface area contributed by atoms with Crippen molar-refractivity contribution in [2.24, 2.45) is 0 Å². The Hall–Kier alpha value is -1.17. The minimum atomic E-state index is -2.31. The van der Waals surface area contributed by atoms with Gasteiger partial charge in [0.2, 0.25) is 5.67 Å². The number of likely N-dealkylation sites (tertiary alicyclic amines) is 1. The minimum Gasteiger partial charge on any atom is -0.479 e. The van der Waals surface area contributed by atoms with E-state index in [-0.39, 0.29) is 31.5 Å². The second kappa shape index (κ2) is 6.73. The molecule has 1 saturated carbocycles. The molecule has 1 heterocycles. The fourth-order valence-electron chi connectivity index (χ4n) is 3.10. The molecule has 1 aliphatic heterocycles. The molecule has 1 N–H and O–H groups in total. The number of carboxylic acid groups (broad SMARTS) is 1. The van der Waals surface area contributed by atoms with Gasteiger partial charge in [0, 0.05) is 13.0 Å². The van der Waals surface area contributed by atoms with Crippen molar-refractivity contribution in [3.05, 3.63) is 0 Å². The van der Waals surface area contributed by atoms with Crippen LogP contribution in [0.4, 0.5) is 4.39 Å². The van der Waals surface area contributed by atoms with Crippen LogP contribution in [0.2, 0.25) is 0 Å². The molecule has 1 amide bonds. The Morgan fingerprint density at radius 3 is 2.57 bits per heavy atom. The lowest BCUT2D eigenvalue weighted by molar-refractivity contribution is -0.153. The first-order chi connectivity index (χ1) is 9.96. The van der Waals surface area contributed by atoms with Crippen molar-refractivity contribution in [3.8, 4) is 0 Å². The van der Waals surface area contributed by atoms with E-state index >= 15 is 0 Å². The molecule has 2 unspecified atom stereocenters. The van der Waals surface area contributed by atoms with Gasteiger partial charge in [-0.1, -0.05) is 26.2 Å². The number of nitrogens with zero attached hydrogens (tertiary/aromatic N) is 1. The number of amides is 1. The van der Waals surface area contributed by atoms with E-state index < -0.39 is 17.7 Å². The van der Waals surface area contributed by atoms with Crippen LogP contribution >= 0.6 is 0 Å². The number of halogens is 1. The minimum absolute atomic E-state index is 0.102. The first kappa shape index (κ1) is 16.2. The summed E-state index contributed by atoms with van der Waals surface area (Å²) in [4.78, 5) is 24.6. The van der Waals surface area contributed by atoms with Crippen molar-refractivity contribution in [2.45, 2.75) is 69.7 Å². The second-order valence-electron chi connectivity index (χ2n) is 6.07. The molecule has 0 aromatic rings. The SMILES string of the molecule is CCC(OC1CCCCC1)C(=O)N1CCC(F)(C(=O)O)C1. The quantitative estimate of drug-likeness (QED) is 0.845. The summed E-state index contributed by atoms with van der Waals surface area (Å²) in [6.45, 7) is 1.64. The fourth-order valence-corrected chi connectivity index (χ4v) is 3.10. The van der Waals surface area contributed by atoms with Crippen LogP contribution in [0.15, 0.2) is 0 Å². The van der Waals surface area contributed by atoms with E-state index in [0.717, 1.165) is 25.7 Å². The van der Waals surface area contributed by atoms with E-state index in [1.165, 1.54) is 11.3 Å². The predicted octanol–water partition coefficient (Wildman–Crippen LogP) is 2.14. The number of carbonyl (C=O) groups is 2. The van der Waals surface area contributed by atoms with Crippen molar-refractivity contribution < 1.29 is 23.8 Å². The van der Waals surface area contributed by atoms with Gasteiger partial charge in [-0.15, -0.1) is 0 Å². The highest BCUT2D eigenvalue weighted by Crippen LogP contribution is 2.28. The Kier molecular flexibility index (Phi) is 5.19. The number of aliphatic carboxylic acids is 1. The zero-order valence-electron chi connectivity index (χ0n) is 12.5. The molecule has 2 aliphatic rings.